The van der Waals surface area contributed by atoms with E-state index in [1.165, 1.54) is 12.1 Å². The second-order valence-electron chi connectivity index (χ2n) is 4.64. The van der Waals surface area contributed by atoms with E-state index in [-0.39, 0.29) is 23.7 Å². The van der Waals surface area contributed by atoms with Crippen LogP contribution in [0.5, 0.6) is 0 Å². The van der Waals surface area contributed by atoms with Gasteiger partial charge in [0.1, 0.15) is 0 Å². The van der Waals surface area contributed by atoms with Crippen LogP contribution in [-0.4, -0.2) is 18.5 Å². The molecule has 0 spiro atoms. The van der Waals surface area contributed by atoms with E-state index in [2.05, 4.69) is 6.07 Å². The monoisotopic (exact) mass is 271 g/mol. The lowest BCUT2D eigenvalue weighted by atomic mass is 10.1. The summed E-state index contributed by atoms with van der Waals surface area (Å²) in [5.41, 5.74) is 4.93. The largest absolute Gasteiger partial charge is 0.416 e. The molecule has 1 aromatic carbocycles. The van der Waals surface area contributed by atoms with Crippen molar-refractivity contribution in [3.8, 4) is 6.07 Å². The third kappa shape index (κ3) is 4.45. The van der Waals surface area contributed by atoms with Gasteiger partial charge in [0.15, 0.2) is 0 Å². The number of nitrogens with two attached hydrogens (primary N) is 1. The molecule has 0 aliphatic carbocycles. The van der Waals surface area contributed by atoms with Crippen molar-refractivity contribution in [1.82, 2.24) is 4.90 Å². The molecule has 3 nitrogen and oxygen atoms in total. The number of anilines is 1. The van der Waals surface area contributed by atoms with Crippen LogP contribution in [0.15, 0.2) is 18.2 Å². The summed E-state index contributed by atoms with van der Waals surface area (Å²) in [5.74, 6) is -0.229. The van der Waals surface area contributed by atoms with E-state index < -0.39 is 11.7 Å². The first-order valence-electron chi connectivity index (χ1n) is 5.77. The molecule has 1 atom stereocenters. The van der Waals surface area contributed by atoms with Crippen molar-refractivity contribution in [2.75, 3.05) is 19.3 Å². The van der Waals surface area contributed by atoms with Gasteiger partial charge in [-0.2, -0.15) is 18.4 Å². The standard InChI is InChI=1S/C13H16F3N3/c1-9(6-17)7-19(2)8-10-3-4-11(18)5-12(10)13(14,15)16/h3-5,9H,7-8,18H2,1-2H3. The fraction of sp³-hybridized carbons (Fsp3) is 0.462. The second-order valence-corrected chi connectivity index (χ2v) is 4.64. The topological polar surface area (TPSA) is 53.0 Å². The Bertz CT molecular complexity index is 477. The molecule has 0 aliphatic rings. The molecule has 0 fully saturated rings. The highest BCUT2D eigenvalue weighted by molar-refractivity contribution is 5.46. The van der Waals surface area contributed by atoms with Gasteiger partial charge in [-0.15, -0.1) is 0 Å². The summed E-state index contributed by atoms with van der Waals surface area (Å²) in [6, 6.07) is 5.82. The zero-order valence-corrected chi connectivity index (χ0v) is 10.8. The Hall–Kier alpha value is -1.74. The Morgan fingerprint density at radius 3 is 2.58 bits per heavy atom. The number of hydrogen-bond donors (Lipinski definition) is 1. The van der Waals surface area contributed by atoms with Crippen LogP contribution in [0.3, 0.4) is 0 Å². The molecule has 6 heteroatoms. The lowest BCUT2D eigenvalue weighted by molar-refractivity contribution is -0.138. The van der Waals surface area contributed by atoms with Crippen LogP contribution >= 0.6 is 0 Å². The number of benzene rings is 1. The van der Waals surface area contributed by atoms with Crippen molar-refractivity contribution in [1.29, 1.82) is 5.26 Å². The van der Waals surface area contributed by atoms with E-state index in [0.29, 0.717) is 6.54 Å². The predicted octanol–water partition coefficient (Wildman–Crippen LogP) is 2.88. The molecule has 2 N–H and O–H groups in total. The maximum absolute atomic E-state index is 12.9. The molecule has 1 aromatic rings. The van der Waals surface area contributed by atoms with Gasteiger partial charge in [0, 0.05) is 18.8 Å². The van der Waals surface area contributed by atoms with Gasteiger partial charge in [-0.05, 0) is 31.7 Å². The normalized spacial score (nSPS) is 13.3. The lowest BCUT2D eigenvalue weighted by Crippen LogP contribution is -2.25. The van der Waals surface area contributed by atoms with E-state index in [0.717, 1.165) is 6.07 Å². The van der Waals surface area contributed by atoms with E-state index in [4.69, 9.17) is 11.0 Å². The van der Waals surface area contributed by atoms with Gasteiger partial charge in [0.25, 0.3) is 0 Å². The molecule has 0 amide bonds. The minimum absolute atomic E-state index is 0.0871. The molecule has 0 aliphatic heterocycles. The highest BCUT2D eigenvalue weighted by Gasteiger charge is 2.33. The van der Waals surface area contributed by atoms with Gasteiger partial charge in [-0.1, -0.05) is 6.07 Å². The van der Waals surface area contributed by atoms with Gasteiger partial charge in [0.2, 0.25) is 0 Å². The second kappa shape index (κ2) is 5.93. The van der Waals surface area contributed by atoms with Gasteiger partial charge in [0.05, 0.1) is 17.6 Å². The molecule has 0 radical (unpaired) electrons. The number of nitriles is 1. The Kier molecular flexibility index (Phi) is 4.78. The van der Waals surface area contributed by atoms with Gasteiger partial charge in [-0.3, -0.25) is 0 Å². The fourth-order valence-electron chi connectivity index (χ4n) is 1.86. The van der Waals surface area contributed by atoms with Crippen LogP contribution in [0.2, 0.25) is 0 Å². The summed E-state index contributed by atoms with van der Waals surface area (Å²) >= 11 is 0. The molecule has 0 heterocycles. The summed E-state index contributed by atoms with van der Waals surface area (Å²) in [5, 5.41) is 8.70. The fourth-order valence-corrected chi connectivity index (χ4v) is 1.86. The SMILES string of the molecule is CC(C#N)CN(C)Cc1ccc(N)cc1C(F)(F)F. The number of rotatable bonds is 4. The number of nitrogen functional groups attached to an aromatic ring is 1. The Morgan fingerprint density at radius 1 is 1.42 bits per heavy atom. The Labute approximate surface area is 110 Å². The molecular formula is C13H16F3N3. The molecule has 0 saturated heterocycles. The molecule has 19 heavy (non-hydrogen) atoms. The minimum atomic E-state index is -4.42. The third-order valence-electron chi connectivity index (χ3n) is 2.69. The summed E-state index contributed by atoms with van der Waals surface area (Å²) in [6.45, 7) is 2.27. The zero-order chi connectivity index (χ0) is 14.6. The molecule has 104 valence electrons. The van der Waals surface area contributed by atoms with E-state index in [1.54, 1.807) is 18.9 Å². The number of nitrogens with zero attached hydrogens (tertiary/aromatic N) is 2. The molecular weight excluding hydrogens is 255 g/mol. The van der Waals surface area contributed by atoms with Crippen LogP contribution in [-0.2, 0) is 12.7 Å². The Balaban J connectivity index is 2.93. The highest BCUT2D eigenvalue weighted by atomic mass is 19.4. The summed E-state index contributed by atoms with van der Waals surface area (Å²) in [7, 11) is 1.68. The third-order valence-corrected chi connectivity index (χ3v) is 2.69. The van der Waals surface area contributed by atoms with E-state index in [1.807, 2.05) is 0 Å². The van der Waals surface area contributed by atoms with Crippen LogP contribution < -0.4 is 5.73 Å². The lowest BCUT2D eigenvalue weighted by Gasteiger charge is -2.21. The van der Waals surface area contributed by atoms with Crippen molar-refractivity contribution in [3.63, 3.8) is 0 Å². The van der Waals surface area contributed by atoms with E-state index in [9.17, 15) is 13.2 Å². The van der Waals surface area contributed by atoms with E-state index >= 15 is 0 Å². The molecule has 1 unspecified atom stereocenters. The molecule has 0 saturated carbocycles. The van der Waals surface area contributed by atoms with Crippen LogP contribution in [0.25, 0.3) is 0 Å². The maximum atomic E-state index is 12.9. The van der Waals surface area contributed by atoms with Crippen molar-refractivity contribution < 1.29 is 13.2 Å². The van der Waals surface area contributed by atoms with Crippen molar-refractivity contribution in [3.05, 3.63) is 29.3 Å². The molecule has 0 aromatic heterocycles. The summed E-state index contributed by atoms with van der Waals surface area (Å²) < 4.78 is 38.6. The maximum Gasteiger partial charge on any atom is 0.416 e. The number of halogens is 3. The first kappa shape index (κ1) is 15.3. The molecule has 0 bridgehead atoms. The first-order chi connectivity index (χ1) is 8.74. The molecule has 1 rings (SSSR count). The van der Waals surface area contributed by atoms with Gasteiger partial charge in [-0.25, -0.2) is 0 Å². The van der Waals surface area contributed by atoms with Crippen LogP contribution in [0.4, 0.5) is 18.9 Å². The van der Waals surface area contributed by atoms with Crippen molar-refractivity contribution >= 4 is 5.69 Å². The highest BCUT2D eigenvalue weighted by Crippen LogP contribution is 2.33. The Morgan fingerprint density at radius 2 is 2.05 bits per heavy atom. The van der Waals surface area contributed by atoms with Crippen molar-refractivity contribution in [2.24, 2.45) is 5.92 Å². The van der Waals surface area contributed by atoms with Crippen LogP contribution in [0, 0.1) is 17.2 Å². The first-order valence-corrected chi connectivity index (χ1v) is 5.77. The zero-order valence-electron chi connectivity index (χ0n) is 10.8. The smallest absolute Gasteiger partial charge is 0.399 e. The number of alkyl halides is 3. The average molecular weight is 271 g/mol. The van der Waals surface area contributed by atoms with Gasteiger partial charge < -0.3 is 10.6 Å². The number of hydrogen-bond acceptors (Lipinski definition) is 3. The van der Waals surface area contributed by atoms with Gasteiger partial charge >= 0.3 is 6.18 Å². The summed E-state index contributed by atoms with van der Waals surface area (Å²) in [6.07, 6.45) is -4.42. The average Bonchev–Trinajstić information content (AvgIpc) is 2.29. The van der Waals surface area contributed by atoms with Crippen molar-refractivity contribution in [2.45, 2.75) is 19.6 Å². The quantitative estimate of drug-likeness (QED) is 0.857. The predicted molar refractivity (Wildman–Crippen MR) is 67.0 cm³/mol. The summed E-state index contributed by atoms with van der Waals surface area (Å²) in [4.78, 5) is 1.69. The van der Waals surface area contributed by atoms with Crippen LogP contribution in [0.1, 0.15) is 18.1 Å². The minimum Gasteiger partial charge on any atom is -0.399 e.